The highest BCUT2D eigenvalue weighted by molar-refractivity contribution is 8.90. The lowest BCUT2D eigenvalue weighted by Crippen LogP contribution is -2.53. The third kappa shape index (κ3) is 2.84. The van der Waals surface area contributed by atoms with Gasteiger partial charge < -0.3 is 4.74 Å². The largest absolute Gasteiger partial charge is 0.497 e. The van der Waals surface area contributed by atoms with Gasteiger partial charge in [-0.05, 0) is 46.5 Å². The van der Waals surface area contributed by atoms with E-state index in [1.54, 1.807) is 19.1 Å². The summed E-state index contributed by atoms with van der Waals surface area (Å²) in [5.74, 6) is 3.45. The topological polar surface area (TPSA) is 38.3 Å². The molecule has 1 atom stereocenters. The SMILES string of the molecule is COc1ccc2cc(C3(CP4SCCS4)SNC3=O)ccc2c1. The van der Waals surface area contributed by atoms with E-state index in [1.165, 1.54) is 11.5 Å². The highest BCUT2D eigenvalue weighted by Crippen LogP contribution is 2.69. The highest BCUT2D eigenvalue weighted by atomic mass is 33.1. The number of fused-ring (bicyclic) bond motifs is 1. The van der Waals surface area contributed by atoms with Gasteiger partial charge in [0.1, 0.15) is 10.5 Å². The van der Waals surface area contributed by atoms with Crippen LogP contribution in [0.15, 0.2) is 36.4 Å². The molecule has 3 nitrogen and oxygen atoms in total. The van der Waals surface area contributed by atoms with E-state index >= 15 is 0 Å². The Hall–Kier alpha value is -0.550. The molecule has 2 saturated heterocycles. The summed E-state index contributed by atoms with van der Waals surface area (Å²) in [7, 11) is 1.68. The van der Waals surface area contributed by atoms with Crippen LogP contribution in [-0.2, 0) is 9.54 Å². The van der Waals surface area contributed by atoms with Crippen molar-refractivity contribution in [3.8, 4) is 5.75 Å². The van der Waals surface area contributed by atoms with Crippen LogP contribution in [0, 0.1) is 0 Å². The maximum atomic E-state index is 12.4. The zero-order chi connectivity index (χ0) is 15.9. The first-order chi connectivity index (χ1) is 11.2. The maximum Gasteiger partial charge on any atom is 0.252 e. The van der Waals surface area contributed by atoms with E-state index in [9.17, 15) is 4.79 Å². The van der Waals surface area contributed by atoms with Crippen LogP contribution in [0.2, 0.25) is 0 Å². The summed E-state index contributed by atoms with van der Waals surface area (Å²) in [5, 5.41) is 2.30. The van der Waals surface area contributed by atoms with Crippen LogP contribution in [0.3, 0.4) is 0 Å². The van der Waals surface area contributed by atoms with Gasteiger partial charge in [0, 0.05) is 24.0 Å². The molecule has 2 heterocycles. The molecule has 2 fully saturated rings. The molecule has 1 unspecified atom stereocenters. The van der Waals surface area contributed by atoms with Gasteiger partial charge in [0.25, 0.3) is 5.91 Å². The van der Waals surface area contributed by atoms with Gasteiger partial charge in [-0.3, -0.25) is 9.52 Å². The minimum absolute atomic E-state index is 0.157. The Bertz CT molecular complexity index is 766. The summed E-state index contributed by atoms with van der Waals surface area (Å²) in [6, 6.07) is 12.4. The van der Waals surface area contributed by atoms with E-state index in [0.29, 0.717) is 0 Å². The molecule has 1 N–H and O–H groups in total. The lowest BCUT2D eigenvalue weighted by Gasteiger charge is -2.40. The van der Waals surface area contributed by atoms with Crippen LogP contribution in [0.1, 0.15) is 5.56 Å². The molecular weight excluding hydrogens is 365 g/mol. The average Bonchev–Trinajstić information content (AvgIpc) is 3.10. The predicted molar refractivity (Wildman–Crippen MR) is 105 cm³/mol. The van der Waals surface area contributed by atoms with Crippen LogP contribution in [-0.4, -0.2) is 30.7 Å². The van der Waals surface area contributed by atoms with Crippen molar-refractivity contribution in [2.45, 2.75) is 4.75 Å². The number of ether oxygens (including phenoxy) is 1. The normalized spacial score (nSPS) is 24.5. The van der Waals surface area contributed by atoms with E-state index in [2.05, 4.69) is 29.0 Å². The van der Waals surface area contributed by atoms with Crippen LogP contribution < -0.4 is 9.46 Å². The number of nitrogens with one attached hydrogen (secondary N) is 1. The summed E-state index contributed by atoms with van der Waals surface area (Å²) in [4.78, 5) is 12.4. The first-order valence-electron chi connectivity index (χ1n) is 7.31. The van der Waals surface area contributed by atoms with Crippen molar-refractivity contribution in [3.05, 3.63) is 42.0 Å². The monoisotopic (exact) mass is 381 g/mol. The molecule has 2 aromatic carbocycles. The summed E-state index contributed by atoms with van der Waals surface area (Å²) >= 11 is 5.67. The van der Waals surface area contributed by atoms with Crippen molar-refractivity contribution in [1.82, 2.24) is 4.72 Å². The first kappa shape index (κ1) is 15.9. The first-order valence-corrected chi connectivity index (χ1v) is 12.8. The molecule has 120 valence electrons. The number of hydrogen-bond donors (Lipinski definition) is 1. The summed E-state index contributed by atoms with van der Waals surface area (Å²) in [5.41, 5.74) is 1.12. The lowest BCUT2D eigenvalue weighted by atomic mass is 9.95. The second kappa shape index (κ2) is 6.40. The number of hydrogen-bond acceptors (Lipinski definition) is 5. The Balaban J connectivity index is 1.71. The third-order valence-electron chi connectivity index (χ3n) is 4.10. The quantitative estimate of drug-likeness (QED) is 0.618. The van der Waals surface area contributed by atoms with Crippen molar-refractivity contribution < 1.29 is 9.53 Å². The second-order valence-electron chi connectivity index (χ2n) is 5.45. The molecule has 1 amide bonds. The molecular formula is C16H16NO2PS3. The minimum Gasteiger partial charge on any atom is -0.497 e. The Morgan fingerprint density at radius 3 is 2.57 bits per heavy atom. The van der Waals surface area contributed by atoms with E-state index < -0.39 is 4.75 Å². The van der Waals surface area contributed by atoms with Gasteiger partial charge >= 0.3 is 0 Å². The zero-order valence-corrected chi connectivity index (χ0v) is 15.9. The van der Waals surface area contributed by atoms with Crippen molar-refractivity contribution in [1.29, 1.82) is 0 Å². The van der Waals surface area contributed by atoms with Crippen LogP contribution in [0.4, 0.5) is 0 Å². The van der Waals surface area contributed by atoms with E-state index in [-0.39, 0.29) is 12.2 Å². The highest BCUT2D eigenvalue weighted by Gasteiger charge is 2.51. The Morgan fingerprint density at radius 2 is 1.91 bits per heavy atom. The van der Waals surface area contributed by atoms with Gasteiger partial charge in [0.2, 0.25) is 0 Å². The Labute approximate surface area is 149 Å². The number of carbonyl (C=O) groups excluding carboxylic acids is 1. The lowest BCUT2D eigenvalue weighted by molar-refractivity contribution is -0.123. The molecule has 23 heavy (non-hydrogen) atoms. The fourth-order valence-corrected chi connectivity index (χ4v) is 13.1. The molecule has 0 aromatic heterocycles. The van der Waals surface area contributed by atoms with Gasteiger partial charge in [-0.2, -0.15) is 0 Å². The van der Waals surface area contributed by atoms with Gasteiger partial charge in [-0.1, -0.05) is 18.2 Å². The van der Waals surface area contributed by atoms with Gasteiger partial charge in [0.15, 0.2) is 0 Å². The molecule has 0 spiro atoms. The molecule has 7 heteroatoms. The van der Waals surface area contributed by atoms with Gasteiger partial charge in [-0.25, -0.2) is 0 Å². The third-order valence-corrected chi connectivity index (χ3v) is 13.4. The average molecular weight is 381 g/mol. The number of methoxy groups -OCH3 is 1. The van der Waals surface area contributed by atoms with Crippen LogP contribution in [0.5, 0.6) is 5.75 Å². The molecule has 2 aliphatic rings. The van der Waals surface area contributed by atoms with Crippen molar-refractivity contribution in [2.75, 3.05) is 24.8 Å². The standard InChI is InChI=1S/C16H16NO2PS3/c1-19-14-5-3-11-8-13(4-2-12(11)9-14)16(15(18)17-23-16)10-20-21-6-7-22-20/h2-5,8-9H,6-7,10H2,1H3,(H,17,18). The summed E-state index contributed by atoms with van der Waals surface area (Å²) in [6.07, 6.45) is 0.797. The van der Waals surface area contributed by atoms with Crippen molar-refractivity contribution in [3.63, 3.8) is 0 Å². The molecule has 0 saturated carbocycles. The smallest absolute Gasteiger partial charge is 0.252 e. The van der Waals surface area contributed by atoms with E-state index in [0.717, 1.165) is 28.2 Å². The second-order valence-corrected chi connectivity index (χ2v) is 13.8. The van der Waals surface area contributed by atoms with E-state index in [1.807, 2.05) is 34.9 Å². The minimum atomic E-state index is -0.399. The van der Waals surface area contributed by atoms with Crippen LogP contribution >= 0.6 is 41.0 Å². The fraction of sp³-hybridized carbons (Fsp3) is 0.312. The fourth-order valence-electron chi connectivity index (χ4n) is 2.79. The molecule has 0 radical (unpaired) electrons. The molecule has 4 rings (SSSR count). The van der Waals surface area contributed by atoms with Crippen LogP contribution in [0.25, 0.3) is 10.8 Å². The van der Waals surface area contributed by atoms with Crippen molar-refractivity contribution in [2.24, 2.45) is 0 Å². The Morgan fingerprint density at radius 1 is 1.17 bits per heavy atom. The van der Waals surface area contributed by atoms with Crippen molar-refractivity contribution >= 4 is 57.7 Å². The predicted octanol–water partition coefficient (Wildman–Crippen LogP) is 4.61. The molecule has 0 aliphatic carbocycles. The summed E-state index contributed by atoms with van der Waals surface area (Å²) in [6.45, 7) is 0. The van der Waals surface area contributed by atoms with E-state index in [4.69, 9.17) is 4.74 Å². The zero-order valence-electron chi connectivity index (χ0n) is 12.6. The molecule has 0 bridgehead atoms. The number of benzene rings is 2. The number of amides is 1. The molecule has 2 aromatic rings. The Kier molecular flexibility index (Phi) is 4.43. The number of rotatable bonds is 4. The molecule has 2 aliphatic heterocycles. The van der Waals surface area contributed by atoms with Gasteiger partial charge in [-0.15, -0.1) is 22.8 Å². The van der Waals surface area contributed by atoms with Gasteiger partial charge in [0.05, 0.1) is 7.11 Å². The number of carbonyl (C=O) groups is 1. The maximum absolute atomic E-state index is 12.4. The summed E-state index contributed by atoms with van der Waals surface area (Å²) < 4.78 is 7.78.